The first kappa shape index (κ1) is 31.4. The van der Waals surface area contributed by atoms with Gasteiger partial charge in [-0.25, -0.2) is 0 Å². The maximum atomic E-state index is 10.6. The Hall–Kier alpha value is -1.63. The summed E-state index contributed by atoms with van der Waals surface area (Å²) in [5.74, 6) is -0.307. The van der Waals surface area contributed by atoms with Crippen molar-refractivity contribution >= 4 is 5.97 Å². The molecule has 35 heavy (non-hydrogen) atoms. The molecule has 1 aromatic rings. The highest BCUT2D eigenvalue weighted by Gasteiger charge is 1.96. The fraction of sp³-hybridized carbons (Fsp3) is 0.720. The standard InChI is InChI=1S/C25H42O10/c1-24(26)35-22-21-33-18-17-31-14-13-29-10-9-27-7-8-28-11-12-30-15-16-32-19-20-34-23-25-5-3-2-4-6-25/h2-6H,7-23H2,1H3. The van der Waals surface area contributed by atoms with Gasteiger partial charge in [-0.3, -0.25) is 4.79 Å². The fourth-order valence-corrected chi connectivity index (χ4v) is 2.55. The van der Waals surface area contributed by atoms with Crippen LogP contribution in [0.3, 0.4) is 0 Å². The molecule has 0 aromatic heterocycles. The quantitative estimate of drug-likeness (QED) is 0.138. The molecule has 0 spiro atoms. The van der Waals surface area contributed by atoms with Gasteiger partial charge in [0.05, 0.1) is 106 Å². The lowest BCUT2D eigenvalue weighted by atomic mass is 10.2. The molecular weight excluding hydrogens is 460 g/mol. The molecule has 0 unspecified atom stereocenters. The number of esters is 1. The molecule has 0 saturated heterocycles. The average molecular weight is 503 g/mol. The lowest BCUT2D eigenvalue weighted by Crippen LogP contribution is -2.15. The van der Waals surface area contributed by atoms with Crippen molar-refractivity contribution in [1.82, 2.24) is 0 Å². The summed E-state index contributed by atoms with van der Waals surface area (Å²) >= 11 is 0. The number of carbonyl (C=O) groups excluding carboxylic acids is 1. The van der Waals surface area contributed by atoms with Crippen LogP contribution in [0.25, 0.3) is 0 Å². The molecule has 0 amide bonds. The van der Waals surface area contributed by atoms with Gasteiger partial charge in [0, 0.05) is 6.92 Å². The Bertz CT molecular complexity index is 573. The number of benzene rings is 1. The van der Waals surface area contributed by atoms with Crippen LogP contribution in [0.5, 0.6) is 0 Å². The maximum Gasteiger partial charge on any atom is 0.302 e. The SMILES string of the molecule is CC(=O)OCCOCCOCCOCCOCCOCCOCCOCCOCc1ccccc1. The number of rotatable bonds is 26. The molecule has 0 aliphatic heterocycles. The van der Waals surface area contributed by atoms with Gasteiger partial charge in [-0.1, -0.05) is 30.3 Å². The normalized spacial score (nSPS) is 11.1. The Morgan fingerprint density at radius 2 is 0.800 bits per heavy atom. The van der Waals surface area contributed by atoms with Crippen LogP contribution >= 0.6 is 0 Å². The number of ether oxygens (including phenoxy) is 9. The molecule has 10 heteroatoms. The first-order chi connectivity index (χ1) is 17.3. The Balaban J connectivity index is 1.64. The molecule has 0 atom stereocenters. The van der Waals surface area contributed by atoms with Crippen LogP contribution in [0.1, 0.15) is 12.5 Å². The molecule has 1 aromatic carbocycles. The van der Waals surface area contributed by atoms with E-state index in [1.165, 1.54) is 6.92 Å². The molecule has 0 bridgehead atoms. The molecule has 0 saturated carbocycles. The zero-order valence-electron chi connectivity index (χ0n) is 21.0. The van der Waals surface area contributed by atoms with E-state index in [1.807, 2.05) is 30.3 Å². The van der Waals surface area contributed by atoms with Crippen LogP contribution in [0, 0.1) is 0 Å². The van der Waals surface area contributed by atoms with Crippen molar-refractivity contribution in [2.75, 3.05) is 106 Å². The number of hydrogen-bond donors (Lipinski definition) is 0. The highest BCUT2D eigenvalue weighted by atomic mass is 16.6. The molecule has 0 aliphatic carbocycles. The van der Waals surface area contributed by atoms with Crippen molar-refractivity contribution in [3.63, 3.8) is 0 Å². The minimum absolute atomic E-state index is 0.264. The first-order valence-corrected chi connectivity index (χ1v) is 12.1. The Kier molecular flexibility index (Phi) is 22.8. The molecular formula is C25H42O10. The smallest absolute Gasteiger partial charge is 0.302 e. The van der Waals surface area contributed by atoms with Gasteiger partial charge in [0.25, 0.3) is 0 Å². The van der Waals surface area contributed by atoms with Crippen LogP contribution in [-0.2, 0) is 54.0 Å². The number of hydrogen-bond acceptors (Lipinski definition) is 10. The van der Waals surface area contributed by atoms with Crippen molar-refractivity contribution < 1.29 is 47.4 Å². The fourth-order valence-electron chi connectivity index (χ4n) is 2.55. The molecule has 0 fully saturated rings. The van der Waals surface area contributed by atoms with E-state index in [-0.39, 0.29) is 12.6 Å². The highest BCUT2D eigenvalue weighted by Crippen LogP contribution is 2.00. The van der Waals surface area contributed by atoms with E-state index in [9.17, 15) is 4.79 Å². The predicted octanol–water partition coefficient (Wildman–Crippen LogP) is 1.88. The van der Waals surface area contributed by atoms with Crippen LogP contribution in [0.15, 0.2) is 30.3 Å². The van der Waals surface area contributed by atoms with E-state index in [2.05, 4.69) is 0 Å². The molecule has 0 aliphatic rings. The first-order valence-electron chi connectivity index (χ1n) is 12.1. The molecule has 202 valence electrons. The average Bonchev–Trinajstić information content (AvgIpc) is 2.86. The number of carbonyl (C=O) groups is 1. The van der Waals surface area contributed by atoms with E-state index < -0.39 is 0 Å². The van der Waals surface area contributed by atoms with Crippen molar-refractivity contribution in [1.29, 1.82) is 0 Å². The lowest BCUT2D eigenvalue weighted by Gasteiger charge is -2.09. The Labute approximate surface area is 209 Å². The van der Waals surface area contributed by atoms with Crippen LogP contribution in [0.2, 0.25) is 0 Å². The molecule has 0 N–H and O–H groups in total. The van der Waals surface area contributed by atoms with Gasteiger partial charge in [-0.05, 0) is 5.56 Å². The lowest BCUT2D eigenvalue weighted by molar-refractivity contribution is -0.142. The molecule has 1 rings (SSSR count). The van der Waals surface area contributed by atoms with E-state index in [1.54, 1.807) is 0 Å². The van der Waals surface area contributed by atoms with E-state index in [0.29, 0.717) is 106 Å². The van der Waals surface area contributed by atoms with Crippen molar-refractivity contribution in [2.45, 2.75) is 13.5 Å². The van der Waals surface area contributed by atoms with Crippen molar-refractivity contribution in [3.8, 4) is 0 Å². The van der Waals surface area contributed by atoms with E-state index >= 15 is 0 Å². The van der Waals surface area contributed by atoms with Gasteiger partial charge in [0.1, 0.15) is 6.61 Å². The minimum Gasteiger partial charge on any atom is -0.463 e. The van der Waals surface area contributed by atoms with Gasteiger partial charge in [0.2, 0.25) is 0 Å². The second-order valence-corrected chi connectivity index (χ2v) is 7.16. The summed E-state index contributed by atoms with van der Waals surface area (Å²) in [6, 6.07) is 10.1. The molecule has 10 nitrogen and oxygen atoms in total. The zero-order valence-corrected chi connectivity index (χ0v) is 21.0. The van der Waals surface area contributed by atoms with Gasteiger partial charge in [-0.15, -0.1) is 0 Å². The van der Waals surface area contributed by atoms with Crippen molar-refractivity contribution in [2.24, 2.45) is 0 Å². The second kappa shape index (κ2) is 25.5. The van der Waals surface area contributed by atoms with Gasteiger partial charge in [-0.2, -0.15) is 0 Å². The van der Waals surface area contributed by atoms with Gasteiger partial charge >= 0.3 is 5.97 Å². The summed E-state index contributed by atoms with van der Waals surface area (Å²) < 4.78 is 48.1. The monoisotopic (exact) mass is 502 g/mol. The summed E-state index contributed by atoms with van der Waals surface area (Å²) in [7, 11) is 0. The largest absolute Gasteiger partial charge is 0.463 e. The third-order valence-corrected chi connectivity index (χ3v) is 4.25. The summed E-state index contributed by atoms with van der Waals surface area (Å²) in [5.41, 5.74) is 1.16. The third kappa shape index (κ3) is 23.9. The van der Waals surface area contributed by atoms with Crippen LogP contribution in [0.4, 0.5) is 0 Å². The van der Waals surface area contributed by atoms with Crippen LogP contribution < -0.4 is 0 Å². The Morgan fingerprint density at radius 1 is 0.486 bits per heavy atom. The van der Waals surface area contributed by atoms with Gasteiger partial charge in [0.15, 0.2) is 0 Å². The van der Waals surface area contributed by atoms with E-state index in [4.69, 9.17) is 42.6 Å². The highest BCUT2D eigenvalue weighted by molar-refractivity contribution is 5.65. The summed E-state index contributed by atoms with van der Waals surface area (Å²) in [5, 5.41) is 0. The predicted molar refractivity (Wildman–Crippen MR) is 128 cm³/mol. The topological polar surface area (TPSA) is 100 Å². The summed E-state index contributed by atoms with van der Waals surface area (Å²) in [4.78, 5) is 10.6. The van der Waals surface area contributed by atoms with Crippen molar-refractivity contribution in [3.05, 3.63) is 35.9 Å². The maximum absolute atomic E-state index is 10.6. The van der Waals surface area contributed by atoms with Gasteiger partial charge < -0.3 is 42.6 Å². The second-order valence-electron chi connectivity index (χ2n) is 7.16. The van der Waals surface area contributed by atoms with E-state index in [0.717, 1.165) is 5.56 Å². The minimum atomic E-state index is -0.307. The third-order valence-electron chi connectivity index (χ3n) is 4.25. The zero-order chi connectivity index (χ0) is 25.1. The van der Waals surface area contributed by atoms with Crippen LogP contribution in [-0.4, -0.2) is 112 Å². The molecule has 0 heterocycles. The summed E-state index contributed by atoms with van der Waals surface area (Å²) in [6.45, 7) is 9.76. The Morgan fingerprint density at radius 3 is 1.14 bits per heavy atom. The summed E-state index contributed by atoms with van der Waals surface area (Å²) in [6.07, 6.45) is 0. The molecule has 0 radical (unpaired) electrons.